The zero-order valence-corrected chi connectivity index (χ0v) is 13.9. The maximum absolute atomic E-state index is 12.5. The van der Waals surface area contributed by atoms with Crippen molar-refractivity contribution < 1.29 is 13.2 Å². The van der Waals surface area contributed by atoms with Crippen LogP contribution in [0.25, 0.3) is 0 Å². The summed E-state index contributed by atoms with van der Waals surface area (Å²) in [6, 6.07) is 17.9. The Balaban J connectivity index is 1.79. The van der Waals surface area contributed by atoms with Crippen molar-refractivity contribution in [3.05, 3.63) is 72.4 Å². The molecule has 2 aromatic carbocycles. The number of ether oxygens (including phenoxy) is 1. The van der Waals surface area contributed by atoms with Crippen molar-refractivity contribution in [2.45, 2.75) is 11.4 Å². The third kappa shape index (κ3) is 3.57. The molecule has 0 spiro atoms. The average Bonchev–Trinajstić information content (AvgIpc) is 3.02. The van der Waals surface area contributed by atoms with Crippen LogP contribution in [-0.2, 0) is 16.6 Å². The van der Waals surface area contributed by atoms with Gasteiger partial charge in [-0.2, -0.15) is 5.10 Å². The molecule has 0 aliphatic rings. The van der Waals surface area contributed by atoms with Gasteiger partial charge in [-0.3, -0.25) is 9.40 Å². The van der Waals surface area contributed by atoms with Crippen LogP contribution >= 0.6 is 0 Å². The van der Waals surface area contributed by atoms with Gasteiger partial charge in [-0.15, -0.1) is 0 Å². The van der Waals surface area contributed by atoms with E-state index in [2.05, 4.69) is 9.82 Å². The Labute approximate surface area is 140 Å². The smallest absolute Gasteiger partial charge is 0.266 e. The van der Waals surface area contributed by atoms with Crippen LogP contribution in [0.2, 0.25) is 0 Å². The third-order valence-electron chi connectivity index (χ3n) is 3.43. The van der Waals surface area contributed by atoms with E-state index in [4.69, 9.17) is 4.74 Å². The van der Waals surface area contributed by atoms with Crippen LogP contribution < -0.4 is 9.46 Å². The van der Waals surface area contributed by atoms with E-state index in [1.807, 2.05) is 30.3 Å². The molecule has 3 rings (SSSR count). The first-order valence-corrected chi connectivity index (χ1v) is 8.80. The third-order valence-corrected chi connectivity index (χ3v) is 4.82. The van der Waals surface area contributed by atoms with Gasteiger partial charge in [0.25, 0.3) is 10.0 Å². The zero-order chi connectivity index (χ0) is 17.0. The number of rotatable bonds is 6. The number of nitrogens with one attached hydrogen (secondary N) is 1. The highest BCUT2D eigenvalue weighted by atomic mass is 32.2. The van der Waals surface area contributed by atoms with E-state index in [1.54, 1.807) is 35.1 Å². The summed E-state index contributed by atoms with van der Waals surface area (Å²) in [6.45, 7) is 0.567. The Morgan fingerprint density at radius 3 is 2.50 bits per heavy atom. The molecule has 0 atom stereocenters. The fourth-order valence-electron chi connectivity index (χ4n) is 2.31. The van der Waals surface area contributed by atoms with Crippen LogP contribution in [0, 0.1) is 0 Å². The van der Waals surface area contributed by atoms with Crippen LogP contribution in [0.1, 0.15) is 5.56 Å². The van der Waals surface area contributed by atoms with Crippen LogP contribution in [-0.4, -0.2) is 25.3 Å². The maximum Gasteiger partial charge on any atom is 0.266 e. The van der Waals surface area contributed by atoms with Gasteiger partial charge in [-0.05, 0) is 17.7 Å². The van der Waals surface area contributed by atoms with Crippen molar-refractivity contribution in [1.82, 2.24) is 9.78 Å². The number of hydrogen-bond donors (Lipinski definition) is 1. The van der Waals surface area contributed by atoms with Crippen LogP contribution in [0.15, 0.2) is 71.8 Å². The molecule has 24 heavy (non-hydrogen) atoms. The monoisotopic (exact) mass is 343 g/mol. The largest absolute Gasteiger partial charge is 0.495 e. The summed E-state index contributed by atoms with van der Waals surface area (Å²) < 4.78 is 34.3. The lowest BCUT2D eigenvalue weighted by molar-refractivity contribution is 0.403. The predicted octanol–water partition coefficient (Wildman–Crippen LogP) is 2.74. The first kappa shape index (κ1) is 16.1. The number of sulfonamides is 1. The van der Waals surface area contributed by atoms with Crippen LogP contribution in [0.5, 0.6) is 5.75 Å². The second-order valence-corrected chi connectivity index (χ2v) is 6.79. The van der Waals surface area contributed by atoms with Gasteiger partial charge in [-0.25, -0.2) is 8.42 Å². The average molecular weight is 343 g/mol. The molecular weight excluding hydrogens is 326 g/mol. The standard InChI is InChI=1S/C17H17N3O3S/c1-23-15-9-5-6-10-16(15)24(21,22)19-17-11-12-20(18-17)13-14-7-3-2-4-8-14/h2-12H,13H2,1H3,(H,18,19). The summed E-state index contributed by atoms with van der Waals surface area (Å²) >= 11 is 0. The number of para-hydroxylation sites is 1. The topological polar surface area (TPSA) is 73.2 Å². The highest BCUT2D eigenvalue weighted by Gasteiger charge is 2.20. The molecule has 3 aromatic rings. The summed E-state index contributed by atoms with van der Waals surface area (Å²) in [4.78, 5) is 0.0742. The number of nitrogens with zero attached hydrogens (tertiary/aromatic N) is 2. The van der Waals surface area contributed by atoms with Gasteiger partial charge in [0.15, 0.2) is 5.82 Å². The van der Waals surface area contributed by atoms with Crippen molar-refractivity contribution >= 4 is 15.8 Å². The van der Waals surface area contributed by atoms with Gasteiger partial charge in [0.2, 0.25) is 0 Å². The Bertz CT molecular complexity index is 921. The molecule has 1 aromatic heterocycles. The number of anilines is 1. The molecule has 1 N–H and O–H groups in total. The SMILES string of the molecule is COc1ccccc1S(=O)(=O)Nc1ccn(Cc2ccccc2)n1. The lowest BCUT2D eigenvalue weighted by Crippen LogP contribution is -2.14. The second-order valence-electron chi connectivity index (χ2n) is 5.14. The Kier molecular flexibility index (Phi) is 4.52. The van der Waals surface area contributed by atoms with Gasteiger partial charge in [0.1, 0.15) is 10.6 Å². The Hall–Kier alpha value is -2.80. The minimum Gasteiger partial charge on any atom is -0.495 e. The summed E-state index contributed by atoms with van der Waals surface area (Å²) in [6.07, 6.45) is 1.73. The lowest BCUT2D eigenvalue weighted by atomic mass is 10.2. The number of aromatic nitrogens is 2. The molecule has 7 heteroatoms. The highest BCUT2D eigenvalue weighted by molar-refractivity contribution is 7.92. The van der Waals surface area contributed by atoms with Crippen LogP contribution in [0.3, 0.4) is 0 Å². The quantitative estimate of drug-likeness (QED) is 0.747. The molecule has 0 unspecified atom stereocenters. The minimum atomic E-state index is -3.77. The van der Waals surface area contributed by atoms with Crippen molar-refractivity contribution in [3.8, 4) is 5.75 Å². The van der Waals surface area contributed by atoms with Gasteiger partial charge >= 0.3 is 0 Å². The van der Waals surface area contributed by atoms with E-state index < -0.39 is 10.0 Å². The molecule has 0 saturated carbocycles. The van der Waals surface area contributed by atoms with Crippen molar-refractivity contribution in [3.63, 3.8) is 0 Å². The van der Waals surface area contributed by atoms with E-state index in [0.29, 0.717) is 6.54 Å². The zero-order valence-electron chi connectivity index (χ0n) is 13.1. The Morgan fingerprint density at radius 2 is 1.75 bits per heavy atom. The summed E-state index contributed by atoms with van der Waals surface area (Å²) in [5.41, 5.74) is 1.08. The first-order chi connectivity index (χ1) is 11.6. The predicted molar refractivity (Wildman–Crippen MR) is 91.6 cm³/mol. The molecule has 0 radical (unpaired) electrons. The molecule has 0 amide bonds. The maximum atomic E-state index is 12.5. The number of benzene rings is 2. The number of hydrogen-bond acceptors (Lipinski definition) is 4. The molecule has 0 bridgehead atoms. The molecule has 0 aliphatic heterocycles. The normalized spacial score (nSPS) is 11.2. The van der Waals surface area contributed by atoms with Crippen molar-refractivity contribution in [2.24, 2.45) is 0 Å². The molecule has 6 nitrogen and oxygen atoms in total. The van der Waals surface area contributed by atoms with Crippen LogP contribution in [0.4, 0.5) is 5.82 Å². The lowest BCUT2D eigenvalue weighted by Gasteiger charge is -2.09. The fourth-order valence-corrected chi connectivity index (χ4v) is 3.48. The van der Waals surface area contributed by atoms with E-state index >= 15 is 0 Å². The van der Waals surface area contributed by atoms with E-state index in [0.717, 1.165) is 5.56 Å². The van der Waals surface area contributed by atoms with E-state index in [-0.39, 0.29) is 16.5 Å². The minimum absolute atomic E-state index is 0.0742. The number of methoxy groups -OCH3 is 1. The molecule has 0 fully saturated rings. The van der Waals surface area contributed by atoms with Gasteiger partial charge in [0, 0.05) is 12.3 Å². The molecule has 0 aliphatic carbocycles. The van der Waals surface area contributed by atoms with E-state index in [9.17, 15) is 8.42 Å². The fraction of sp³-hybridized carbons (Fsp3) is 0.118. The summed E-state index contributed by atoms with van der Waals surface area (Å²) in [5.74, 6) is 0.547. The molecule has 0 saturated heterocycles. The second kappa shape index (κ2) is 6.76. The van der Waals surface area contributed by atoms with Crippen molar-refractivity contribution in [1.29, 1.82) is 0 Å². The molecule has 124 valence electrons. The van der Waals surface area contributed by atoms with Gasteiger partial charge in [-0.1, -0.05) is 42.5 Å². The molecular formula is C17H17N3O3S. The first-order valence-electron chi connectivity index (χ1n) is 7.32. The van der Waals surface area contributed by atoms with Gasteiger partial charge in [0.05, 0.1) is 13.7 Å². The van der Waals surface area contributed by atoms with E-state index in [1.165, 1.54) is 13.2 Å². The summed E-state index contributed by atoms with van der Waals surface area (Å²) in [5, 5.41) is 4.26. The Morgan fingerprint density at radius 1 is 1.04 bits per heavy atom. The highest BCUT2D eigenvalue weighted by Crippen LogP contribution is 2.24. The summed E-state index contributed by atoms with van der Waals surface area (Å²) in [7, 11) is -2.33. The van der Waals surface area contributed by atoms with Gasteiger partial charge < -0.3 is 4.74 Å². The molecule has 1 heterocycles. The van der Waals surface area contributed by atoms with Crippen molar-refractivity contribution in [2.75, 3.05) is 11.8 Å².